The zero-order chi connectivity index (χ0) is 9.97. The topological polar surface area (TPSA) is 71.5 Å². The molecule has 0 saturated carbocycles. The van der Waals surface area contributed by atoms with Crippen molar-refractivity contribution in [1.29, 1.82) is 0 Å². The highest BCUT2D eigenvalue weighted by Gasteiger charge is 2.03. The predicted molar refractivity (Wildman–Crippen MR) is 49.6 cm³/mol. The number of aromatic amines is 1. The standard InChI is InChI=1S/C9H8N4O/c1-6(14)7-2-4-8(5-3-7)9-10-12-13-11-9/h2-5H,1H3,(H,10,11,12,13). The fourth-order valence-electron chi connectivity index (χ4n) is 1.14. The third kappa shape index (κ3) is 1.52. The van der Waals surface area contributed by atoms with E-state index < -0.39 is 0 Å². The van der Waals surface area contributed by atoms with Gasteiger partial charge in [0.25, 0.3) is 0 Å². The van der Waals surface area contributed by atoms with Gasteiger partial charge >= 0.3 is 0 Å². The van der Waals surface area contributed by atoms with Crippen LogP contribution in [0, 0.1) is 0 Å². The van der Waals surface area contributed by atoms with Crippen molar-refractivity contribution in [3.8, 4) is 11.4 Å². The molecule has 1 N–H and O–H groups in total. The van der Waals surface area contributed by atoms with Crippen LogP contribution in [-0.4, -0.2) is 26.4 Å². The lowest BCUT2D eigenvalue weighted by atomic mass is 10.1. The first kappa shape index (κ1) is 8.55. The van der Waals surface area contributed by atoms with E-state index in [9.17, 15) is 4.79 Å². The molecule has 2 aromatic rings. The zero-order valence-corrected chi connectivity index (χ0v) is 7.56. The van der Waals surface area contributed by atoms with E-state index in [4.69, 9.17) is 0 Å². The summed E-state index contributed by atoms with van der Waals surface area (Å²) in [5.41, 5.74) is 1.51. The van der Waals surface area contributed by atoms with Crippen LogP contribution in [0.5, 0.6) is 0 Å². The van der Waals surface area contributed by atoms with Crippen LogP contribution in [0.1, 0.15) is 17.3 Å². The van der Waals surface area contributed by atoms with Gasteiger partial charge in [0.2, 0.25) is 5.82 Å². The Labute approximate surface area is 80.2 Å². The first-order valence-corrected chi connectivity index (χ1v) is 4.12. The third-order valence-corrected chi connectivity index (χ3v) is 1.89. The molecule has 1 aromatic carbocycles. The highest BCUT2D eigenvalue weighted by atomic mass is 16.1. The molecule has 0 aliphatic carbocycles. The molecule has 0 amide bonds. The average molecular weight is 188 g/mol. The molecule has 70 valence electrons. The molecule has 0 aliphatic rings. The maximum Gasteiger partial charge on any atom is 0.204 e. The SMILES string of the molecule is CC(=O)c1ccc(-c2nn[nH]n2)cc1. The molecule has 2 rings (SSSR count). The monoisotopic (exact) mass is 188 g/mol. The number of benzene rings is 1. The van der Waals surface area contributed by atoms with Crippen LogP contribution in [0.2, 0.25) is 0 Å². The number of hydrogen-bond acceptors (Lipinski definition) is 4. The summed E-state index contributed by atoms with van der Waals surface area (Å²) in [4.78, 5) is 11.0. The third-order valence-electron chi connectivity index (χ3n) is 1.89. The second-order valence-electron chi connectivity index (χ2n) is 2.87. The Morgan fingerprint density at radius 2 is 2.00 bits per heavy atom. The molecule has 0 bridgehead atoms. The summed E-state index contributed by atoms with van der Waals surface area (Å²) < 4.78 is 0. The maximum atomic E-state index is 11.0. The van der Waals surface area contributed by atoms with Crippen LogP contribution >= 0.6 is 0 Å². The zero-order valence-electron chi connectivity index (χ0n) is 7.56. The summed E-state index contributed by atoms with van der Waals surface area (Å²) in [6, 6.07) is 7.07. The van der Waals surface area contributed by atoms with Crippen LogP contribution in [0.15, 0.2) is 24.3 Å². The van der Waals surface area contributed by atoms with Crippen molar-refractivity contribution >= 4 is 5.78 Å². The first-order valence-electron chi connectivity index (χ1n) is 4.12. The molecular formula is C9H8N4O. The Morgan fingerprint density at radius 3 is 2.50 bits per heavy atom. The summed E-state index contributed by atoms with van der Waals surface area (Å²) in [5.74, 6) is 0.574. The summed E-state index contributed by atoms with van der Waals surface area (Å²) in [6.07, 6.45) is 0. The number of rotatable bonds is 2. The molecular weight excluding hydrogens is 180 g/mol. The van der Waals surface area contributed by atoms with E-state index >= 15 is 0 Å². The fourth-order valence-corrected chi connectivity index (χ4v) is 1.14. The van der Waals surface area contributed by atoms with Crippen LogP contribution < -0.4 is 0 Å². The van der Waals surface area contributed by atoms with Gasteiger partial charge in [0.15, 0.2) is 5.78 Å². The quantitative estimate of drug-likeness (QED) is 0.715. The van der Waals surface area contributed by atoms with Gasteiger partial charge in [0.1, 0.15) is 0 Å². The van der Waals surface area contributed by atoms with E-state index in [-0.39, 0.29) is 5.78 Å². The Kier molecular flexibility index (Phi) is 2.06. The number of nitrogens with one attached hydrogen (secondary N) is 1. The van der Waals surface area contributed by atoms with Gasteiger partial charge in [-0.25, -0.2) is 0 Å². The Balaban J connectivity index is 2.36. The highest BCUT2D eigenvalue weighted by molar-refractivity contribution is 5.94. The van der Waals surface area contributed by atoms with E-state index in [1.807, 2.05) is 0 Å². The van der Waals surface area contributed by atoms with Crippen molar-refractivity contribution in [3.63, 3.8) is 0 Å². The highest BCUT2D eigenvalue weighted by Crippen LogP contribution is 2.13. The van der Waals surface area contributed by atoms with Gasteiger partial charge in [0, 0.05) is 11.1 Å². The summed E-state index contributed by atoms with van der Waals surface area (Å²) in [6.45, 7) is 1.53. The van der Waals surface area contributed by atoms with Gasteiger partial charge < -0.3 is 0 Å². The van der Waals surface area contributed by atoms with Gasteiger partial charge in [-0.2, -0.15) is 5.21 Å². The van der Waals surface area contributed by atoms with Crippen molar-refractivity contribution in [2.45, 2.75) is 6.92 Å². The molecule has 1 aromatic heterocycles. The Bertz CT molecular complexity index is 432. The lowest BCUT2D eigenvalue weighted by Crippen LogP contribution is -1.91. The summed E-state index contributed by atoms with van der Waals surface area (Å²) in [7, 11) is 0. The number of nitrogens with zero attached hydrogens (tertiary/aromatic N) is 3. The molecule has 0 atom stereocenters. The maximum absolute atomic E-state index is 11.0. The molecule has 0 radical (unpaired) electrons. The molecule has 0 fully saturated rings. The van der Waals surface area contributed by atoms with E-state index in [0.29, 0.717) is 11.4 Å². The summed E-state index contributed by atoms with van der Waals surface area (Å²) in [5, 5.41) is 13.5. The molecule has 1 heterocycles. The number of Topliss-reactive ketones (excluding diaryl/α,β-unsaturated/α-hetero) is 1. The molecule has 0 saturated heterocycles. The number of hydrogen-bond donors (Lipinski definition) is 1. The predicted octanol–water partition coefficient (Wildman–Crippen LogP) is 1.07. The average Bonchev–Trinajstić information content (AvgIpc) is 2.71. The minimum Gasteiger partial charge on any atom is -0.295 e. The lowest BCUT2D eigenvalue weighted by Gasteiger charge is -1.96. The molecule has 5 nitrogen and oxygen atoms in total. The van der Waals surface area contributed by atoms with E-state index in [1.54, 1.807) is 24.3 Å². The van der Waals surface area contributed by atoms with Gasteiger partial charge in [-0.1, -0.05) is 24.3 Å². The van der Waals surface area contributed by atoms with Crippen molar-refractivity contribution < 1.29 is 4.79 Å². The number of ketones is 1. The van der Waals surface area contributed by atoms with Crippen molar-refractivity contribution in [2.24, 2.45) is 0 Å². The second-order valence-corrected chi connectivity index (χ2v) is 2.87. The summed E-state index contributed by atoms with van der Waals surface area (Å²) >= 11 is 0. The minimum atomic E-state index is 0.0460. The molecule has 0 aliphatic heterocycles. The Morgan fingerprint density at radius 1 is 1.29 bits per heavy atom. The molecule has 0 spiro atoms. The molecule has 14 heavy (non-hydrogen) atoms. The van der Waals surface area contributed by atoms with Crippen LogP contribution in [0.3, 0.4) is 0 Å². The fraction of sp³-hybridized carbons (Fsp3) is 0.111. The number of carbonyl (C=O) groups is 1. The lowest BCUT2D eigenvalue weighted by molar-refractivity contribution is 0.101. The number of H-pyrrole nitrogens is 1. The van der Waals surface area contributed by atoms with Crippen LogP contribution in [0.4, 0.5) is 0 Å². The van der Waals surface area contributed by atoms with E-state index in [2.05, 4.69) is 20.6 Å². The van der Waals surface area contributed by atoms with E-state index in [0.717, 1.165) is 5.56 Å². The number of carbonyl (C=O) groups excluding carboxylic acids is 1. The normalized spacial score (nSPS) is 10.1. The van der Waals surface area contributed by atoms with Crippen LogP contribution in [-0.2, 0) is 0 Å². The molecule has 0 unspecified atom stereocenters. The number of tetrazole rings is 1. The Hall–Kier alpha value is -2.04. The van der Waals surface area contributed by atoms with Crippen molar-refractivity contribution in [1.82, 2.24) is 20.6 Å². The first-order chi connectivity index (χ1) is 6.77. The number of aromatic nitrogens is 4. The minimum absolute atomic E-state index is 0.0460. The van der Waals surface area contributed by atoms with E-state index in [1.165, 1.54) is 6.92 Å². The largest absolute Gasteiger partial charge is 0.295 e. The van der Waals surface area contributed by atoms with Gasteiger partial charge in [0.05, 0.1) is 0 Å². The van der Waals surface area contributed by atoms with Gasteiger partial charge in [-0.05, 0) is 12.1 Å². The van der Waals surface area contributed by atoms with Gasteiger partial charge in [-0.3, -0.25) is 4.79 Å². The van der Waals surface area contributed by atoms with Crippen molar-refractivity contribution in [2.75, 3.05) is 0 Å². The van der Waals surface area contributed by atoms with Gasteiger partial charge in [-0.15, -0.1) is 10.2 Å². The smallest absolute Gasteiger partial charge is 0.204 e. The molecule has 5 heteroatoms. The second kappa shape index (κ2) is 3.37. The van der Waals surface area contributed by atoms with Crippen molar-refractivity contribution in [3.05, 3.63) is 29.8 Å². The van der Waals surface area contributed by atoms with Crippen LogP contribution in [0.25, 0.3) is 11.4 Å².